The minimum atomic E-state index is -0.952. The maximum absolute atomic E-state index is 5.61. The summed E-state index contributed by atoms with van der Waals surface area (Å²) in [7, 11) is 0. The van der Waals surface area contributed by atoms with E-state index in [1.165, 1.54) is 10.9 Å². The third-order valence-electron chi connectivity index (χ3n) is 10.3. The van der Waals surface area contributed by atoms with Gasteiger partial charge in [0.25, 0.3) is 23.3 Å². The van der Waals surface area contributed by atoms with E-state index >= 15 is 0 Å². The molecule has 6 aliphatic heterocycles. The zero-order valence-electron chi connectivity index (χ0n) is 25.4. The van der Waals surface area contributed by atoms with Gasteiger partial charge in [-0.3, -0.25) is 0 Å². The van der Waals surface area contributed by atoms with Crippen molar-refractivity contribution in [3.63, 3.8) is 0 Å². The maximum Gasteiger partial charge on any atom is 0.404 e. The molecule has 8 heteroatoms. The first kappa shape index (κ1) is 23.6. The van der Waals surface area contributed by atoms with Crippen molar-refractivity contribution in [3.8, 4) is 0 Å². The predicted molar refractivity (Wildman–Crippen MR) is 177 cm³/mol. The second kappa shape index (κ2) is 7.21. The Morgan fingerprint density at radius 2 is 1.09 bits per heavy atom. The number of nitrogens with zero attached hydrogens (tertiary/aromatic N) is 8. The number of fused-ring (bicyclic) bond motifs is 12. The number of rotatable bonds is 1. The lowest BCUT2D eigenvalue weighted by Gasteiger charge is -2.40. The molecule has 46 heavy (non-hydrogen) atoms. The Morgan fingerprint density at radius 3 is 1.67 bits per heavy atom. The van der Waals surface area contributed by atoms with Gasteiger partial charge in [-0.15, -0.1) is 9.15 Å². The Labute approximate surface area is 262 Å². The van der Waals surface area contributed by atoms with Gasteiger partial charge in [0.1, 0.15) is 0 Å². The van der Waals surface area contributed by atoms with Crippen LogP contribution in [0.15, 0.2) is 111 Å². The molecule has 0 fully saturated rings. The summed E-state index contributed by atoms with van der Waals surface area (Å²) in [6, 6.07) is 32.4. The molecule has 216 valence electrons. The molecule has 0 unspecified atom stereocenters. The van der Waals surface area contributed by atoms with Gasteiger partial charge in [0.05, 0.1) is 27.6 Å². The van der Waals surface area contributed by atoms with Crippen molar-refractivity contribution in [2.45, 2.75) is 33.1 Å². The van der Waals surface area contributed by atoms with Gasteiger partial charge < -0.3 is 0 Å². The largest absolute Gasteiger partial charge is 0.404 e. The molecule has 0 N–H and O–H groups in total. The van der Waals surface area contributed by atoms with E-state index in [9.17, 15) is 0 Å². The van der Waals surface area contributed by atoms with Crippen LogP contribution in [0.1, 0.15) is 48.6 Å². The Balaban J connectivity index is 1.40. The SMILES string of the molecule is CC(C)(C)Cc1cccc2c3n4c(c12)N=C1c2ccccc2C2=[N+]1[C@]41n4c(c5ccccc5c4=N2)=NC2=[N+]1C(=N3)c1ccccc12. The smallest absolute Gasteiger partial charge is 0.192 e. The van der Waals surface area contributed by atoms with Gasteiger partial charge in [0, 0.05) is 16.2 Å². The number of amidine groups is 4. The van der Waals surface area contributed by atoms with Gasteiger partial charge in [-0.25, -0.2) is 0 Å². The van der Waals surface area contributed by atoms with Crippen molar-refractivity contribution in [1.82, 2.24) is 9.13 Å². The molecule has 0 saturated carbocycles. The highest BCUT2D eigenvalue weighted by Gasteiger charge is 2.69. The first-order valence-electron chi connectivity index (χ1n) is 15.9. The molecule has 8 nitrogen and oxygen atoms in total. The fourth-order valence-corrected chi connectivity index (χ4v) is 8.76. The Morgan fingerprint density at radius 1 is 0.565 bits per heavy atom. The van der Waals surface area contributed by atoms with E-state index in [2.05, 4.69) is 130 Å². The van der Waals surface area contributed by atoms with E-state index in [-0.39, 0.29) is 5.41 Å². The van der Waals surface area contributed by atoms with Crippen molar-refractivity contribution >= 4 is 56.5 Å². The van der Waals surface area contributed by atoms with Gasteiger partial charge in [0.15, 0.2) is 0 Å². The van der Waals surface area contributed by atoms with Crippen LogP contribution in [0.5, 0.6) is 0 Å². The van der Waals surface area contributed by atoms with Gasteiger partial charge in [-0.05, 0) is 59.9 Å². The highest BCUT2D eigenvalue weighted by atomic mass is 15.7. The van der Waals surface area contributed by atoms with Crippen molar-refractivity contribution in [2.24, 2.45) is 25.4 Å². The maximum atomic E-state index is 5.61. The number of hydrogen-bond acceptors (Lipinski definition) is 4. The molecule has 6 aromatic rings. The molecule has 0 bridgehead atoms. The molecule has 1 spiro atoms. The van der Waals surface area contributed by atoms with Gasteiger partial charge in [0.2, 0.25) is 22.6 Å². The Kier molecular flexibility index (Phi) is 3.70. The third-order valence-corrected chi connectivity index (χ3v) is 10.3. The molecule has 0 radical (unpaired) electrons. The van der Waals surface area contributed by atoms with Crippen molar-refractivity contribution in [1.29, 1.82) is 0 Å². The van der Waals surface area contributed by atoms with Crippen molar-refractivity contribution < 1.29 is 9.15 Å². The van der Waals surface area contributed by atoms with Crippen LogP contribution in [0.2, 0.25) is 0 Å². The predicted octanol–water partition coefficient (Wildman–Crippen LogP) is 5.30. The number of aliphatic imine (C=N–C) groups is 2. The highest BCUT2D eigenvalue weighted by molar-refractivity contribution is 6.20. The first-order valence-corrected chi connectivity index (χ1v) is 15.9. The second-order valence-corrected chi connectivity index (χ2v) is 14.2. The van der Waals surface area contributed by atoms with Crippen LogP contribution in [-0.2, 0) is 12.3 Å². The van der Waals surface area contributed by atoms with Crippen molar-refractivity contribution in [2.75, 3.05) is 0 Å². The number of benzene rings is 4. The summed E-state index contributed by atoms with van der Waals surface area (Å²) in [4.78, 5) is 22.1. The van der Waals surface area contributed by atoms with E-state index in [4.69, 9.17) is 20.0 Å². The zero-order chi connectivity index (χ0) is 30.3. The van der Waals surface area contributed by atoms with Gasteiger partial charge in [-0.1, -0.05) is 89.3 Å². The first-order chi connectivity index (χ1) is 22.4. The summed E-state index contributed by atoms with van der Waals surface area (Å²) in [5.41, 5.74) is 7.54. The third kappa shape index (κ3) is 2.35. The van der Waals surface area contributed by atoms with E-state index in [1.807, 2.05) is 0 Å². The summed E-state index contributed by atoms with van der Waals surface area (Å²) in [5.74, 6) is 4.52. The van der Waals surface area contributed by atoms with Crippen LogP contribution in [0.4, 0.5) is 11.6 Å². The Hall–Kier alpha value is -5.76. The fourth-order valence-electron chi connectivity index (χ4n) is 8.76. The lowest BCUT2D eigenvalue weighted by Crippen LogP contribution is -2.71. The number of aromatic nitrogens is 2. The summed E-state index contributed by atoms with van der Waals surface area (Å²) < 4.78 is 9.48. The van der Waals surface area contributed by atoms with E-state index in [0.29, 0.717) is 0 Å². The quantitative estimate of drug-likeness (QED) is 0.232. The lowest BCUT2D eigenvalue weighted by molar-refractivity contribution is -0.790. The molecule has 8 heterocycles. The number of hydrogen-bond donors (Lipinski definition) is 0. The average Bonchev–Trinajstić information content (AvgIpc) is 3.77. The van der Waals surface area contributed by atoms with Crippen LogP contribution >= 0.6 is 0 Å². The van der Waals surface area contributed by atoms with Crippen LogP contribution in [0.25, 0.3) is 21.5 Å². The van der Waals surface area contributed by atoms with E-state index in [0.717, 1.165) is 90.8 Å². The molecule has 12 rings (SSSR count). The van der Waals surface area contributed by atoms with Crippen molar-refractivity contribution in [3.05, 3.63) is 130 Å². The molecule has 1 atom stereocenters. The van der Waals surface area contributed by atoms with Gasteiger partial charge >= 0.3 is 5.91 Å². The Bertz CT molecular complexity index is 2760. The second-order valence-electron chi connectivity index (χ2n) is 14.2. The fraction of sp³-hybridized carbons (Fsp3) is 0.158. The standard InChI is InChI=1S/C38H26N8/c1-37(2,3)19-20-11-10-18-27-28(20)36-42-34-26-17-9-8-16-25(26)32-40-30-22-13-5-4-12-21(22)29-39-31-23-14-6-7-15-24(23)33-41-35(27)46(36)38(43(29)30,44(31)33)45(32)34/h4-18H,19H2,1-3H3/q+2/t38-/m1/s1. The van der Waals surface area contributed by atoms with E-state index < -0.39 is 5.91 Å². The monoisotopic (exact) mass is 594 g/mol. The normalized spacial score (nSPS) is 20.2. The molecule has 0 amide bonds. The average molecular weight is 595 g/mol. The summed E-state index contributed by atoms with van der Waals surface area (Å²) >= 11 is 0. The van der Waals surface area contributed by atoms with Crippen LogP contribution in [0.3, 0.4) is 0 Å². The van der Waals surface area contributed by atoms with E-state index in [1.54, 1.807) is 0 Å². The molecule has 0 aliphatic carbocycles. The van der Waals surface area contributed by atoms with Crippen LogP contribution in [-0.4, -0.2) is 41.6 Å². The molecule has 4 aromatic carbocycles. The minimum absolute atomic E-state index is 0.0915. The van der Waals surface area contributed by atoms with Crippen LogP contribution in [0, 0.1) is 5.41 Å². The summed E-state index contributed by atoms with van der Waals surface area (Å²) in [6.07, 6.45) is 0.922. The molecule has 2 aromatic heterocycles. The summed E-state index contributed by atoms with van der Waals surface area (Å²) in [6.45, 7) is 6.91. The lowest BCUT2D eigenvalue weighted by atomic mass is 9.86. The summed E-state index contributed by atoms with van der Waals surface area (Å²) in [5, 5.41) is 4.46. The molecule has 6 aliphatic rings. The topological polar surface area (TPSA) is 65.3 Å². The van der Waals surface area contributed by atoms with Crippen LogP contribution < -0.4 is 11.0 Å². The molecule has 0 saturated heterocycles. The highest BCUT2D eigenvalue weighted by Crippen LogP contribution is 2.53. The molecular weight excluding hydrogens is 568 g/mol. The molecular formula is C38H26N8+2. The minimum Gasteiger partial charge on any atom is -0.192 e. The zero-order valence-corrected chi connectivity index (χ0v) is 25.4. The van der Waals surface area contributed by atoms with Gasteiger partial charge in [-0.2, -0.15) is 9.13 Å².